The Kier molecular flexibility index (Phi) is 4.22. The zero-order valence-corrected chi connectivity index (χ0v) is 14.4. The highest BCUT2D eigenvalue weighted by atomic mass is 16.6. The van der Waals surface area contributed by atoms with Crippen LogP contribution in [0.15, 0.2) is 0 Å². The van der Waals surface area contributed by atoms with E-state index in [0.29, 0.717) is 19.4 Å². The minimum absolute atomic E-state index is 0.00313. The molecule has 0 spiro atoms. The van der Waals surface area contributed by atoms with Gasteiger partial charge < -0.3 is 14.7 Å². The van der Waals surface area contributed by atoms with Gasteiger partial charge in [0.15, 0.2) is 0 Å². The maximum atomic E-state index is 12.6. The topological polar surface area (TPSA) is 66.8 Å². The number of rotatable bonds is 2. The van der Waals surface area contributed by atoms with E-state index in [1.54, 1.807) is 4.90 Å². The first-order valence-electron chi connectivity index (χ1n) is 8.20. The predicted octanol–water partition coefficient (Wildman–Crippen LogP) is 3.67. The highest BCUT2D eigenvalue weighted by Crippen LogP contribution is 2.50. The van der Waals surface area contributed by atoms with Gasteiger partial charge in [-0.2, -0.15) is 0 Å². The van der Waals surface area contributed by atoms with Gasteiger partial charge in [0.25, 0.3) is 0 Å². The van der Waals surface area contributed by atoms with Crippen molar-refractivity contribution in [2.24, 2.45) is 10.8 Å². The molecule has 0 radical (unpaired) electrons. The van der Waals surface area contributed by atoms with E-state index in [1.165, 1.54) is 0 Å². The van der Waals surface area contributed by atoms with Crippen LogP contribution in [-0.4, -0.2) is 40.3 Å². The average molecular weight is 311 g/mol. The molecule has 5 nitrogen and oxygen atoms in total. The Balaban J connectivity index is 2.26. The van der Waals surface area contributed by atoms with Crippen LogP contribution in [0.25, 0.3) is 0 Å². The molecular formula is C17H29NO4. The lowest BCUT2D eigenvalue weighted by atomic mass is 9.60. The van der Waals surface area contributed by atoms with E-state index in [4.69, 9.17) is 4.74 Å². The highest BCUT2D eigenvalue weighted by Gasteiger charge is 2.56. The van der Waals surface area contributed by atoms with Crippen molar-refractivity contribution in [3.8, 4) is 0 Å². The molecule has 1 unspecified atom stereocenters. The summed E-state index contributed by atoms with van der Waals surface area (Å²) in [6, 6.07) is -0.248. The summed E-state index contributed by atoms with van der Waals surface area (Å²) in [6.45, 7) is 10.3. The SMILES string of the molecule is CC1(C)CCC(C2(C(=O)O)CCC2)N(C(=O)OC(C)(C)C)C1. The van der Waals surface area contributed by atoms with E-state index in [-0.39, 0.29) is 17.6 Å². The monoisotopic (exact) mass is 311 g/mol. The van der Waals surface area contributed by atoms with Gasteiger partial charge >= 0.3 is 12.1 Å². The van der Waals surface area contributed by atoms with Crippen LogP contribution in [0.5, 0.6) is 0 Å². The molecule has 1 N–H and O–H groups in total. The molecule has 5 heteroatoms. The van der Waals surface area contributed by atoms with Gasteiger partial charge in [0.2, 0.25) is 0 Å². The molecule has 1 heterocycles. The average Bonchev–Trinajstić information content (AvgIpc) is 2.26. The number of piperidine rings is 1. The van der Waals surface area contributed by atoms with Crippen LogP contribution in [0.4, 0.5) is 4.79 Å². The largest absolute Gasteiger partial charge is 0.481 e. The number of hydrogen-bond acceptors (Lipinski definition) is 3. The standard InChI is InChI=1S/C17H29NO4/c1-15(2,3)22-14(21)18-11-16(4,5)10-7-12(18)17(13(19)20)8-6-9-17/h12H,6-11H2,1-5H3,(H,19,20). The molecule has 1 aliphatic heterocycles. The Morgan fingerprint density at radius 2 is 1.77 bits per heavy atom. The van der Waals surface area contributed by atoms with Crippen LogP contribution in [-0.2, 0) is 9.53 Å². The maximum absolute atomic E-state index is 12.6. The second kappa shape index (κ2) is 5.43. The number of likely N-dealkylation sites (tertiary alicyclic amines) is 1. The van der Waals surface area contributed by atoms with Gasteiger partial charge in [0, 0.05) is 6.54 Å². The first-order chi connectivity index (χ1) is 9.97. The fraction of sp³-hybridized carbons (Fsp3) is 0.882. The summed E-state index contributed by atoms with van der Waals surface area (Å²) < 4.78 is 5.54. The third kappa shape index (κ3) is 3.23. The molecule has 0 bridgehead atoms. The molecule has 0 aromatic rings. The first kappa shape index (κ1) is 17.1. The quantitative estimate of drug-likeness (QED) is 0.845. The van der Waals surface area contributed by atoms with Gasteiger partial charge in [-0.3, -0.25) is 4.79 Å². The molecule has 126 valence electrons. The normalized spacial score (nSPS) is 27.0. The fourth-order valence-electron chi connectivity index (χ4n) is 3.67. The van der Waals surface area contributed by atoms with E-state index in [1.807, 2.05) is 20.8 Å². The van der Waals surface area contributed by atoms with Crippen molar-refractivity contribution in [3.05, 3.63) is 0 Å². The lowest BCUT2D eigenvalue weighted by molar-refractivity contribution is -0.164. The predicted molar refractivity (Wildman–Crippen MR) is 83.7 cm³/mol. The second-order valence-electron chi connectivity index (χ2n) is 8.64. The Morgan fingerprint density at radius 1 is 1.18 bits per heavy atom. The summed E-state index contributed by atoms with van der Waals surface area (Å²) >= 11 is 0. The van der Waals surface area contributed by atoms with Crippen LogP contribution in [0.2, 0.25) is 0 Å². The molecule has 2 rings (SSSR count). The van der Waals surface area contributed by atoms with Gasteiger partial charge in [-0.15, -0.1) is 0 Å². The first-order valence-corrected chi connectivity index (χ1v) is 8.20. The van der Waals surface area contributed by atoms with Gasteiger partial charge in [0.05, 0.1) is 11.5 Å². The molecule has 1 amide bonds. The van der Waals surface area contributed by atoms with Crippen molar-refractivity contribution in [1.82, 2.24) is 4.90 Å². The van der Waals surface area contributed by atoms with Gasteiger partial charge in [-0.1, -0.05) is 20.3 Å². The van der Waals surface area contributed by atoms with Gasteiger partial charge in [-0.25, -0.2) is 4.79 Å². The zero-order chi connectivity index (χ0) is 16.8. The molecular weight excluding hydrogens is 282 g/mol. The third-order valence-electron chi connectivity index (χ3n) is 5.01. The smallest absolute Gasteiger partial charge is 0.410 e. The number of aliphatic carboxylic acids is 1. The zero-order valence-electron chi connectivity index (χ0n) is 14.4. The summed E-state index contributed by atoms with van der Waals surface area (Å²) in [7, 11) is 0. The Bertz CT molecular complexity index is 460. The van der Waals surface area contributed by atoms with Crippen LogP contribution in [0, 0.1) is 10.8 Å². The van der Waals surface area contributed by atoms with Crippen LogP contribution in [0.1, 0.15) is 66.7 Å². The maximum Gasteiger partial charge on any atom is 0.410 e. The minimum Gasteiger partial charge on any atom is -0.481 e. The summed E-state index contributed by atoms with van der Waals surface area (Å²) in [5.74, 6) is -0.767. The van der Waals surface area contributed by atoms with Crippen LogP contribution in [0.3, 0.4) is 0 Å². The second-order valence-corrected chi connectivity index (χ2v) is 8.64. The Morgan fingerprint density at radius 3 is 2.18 bits per heavy atom. The number of nitrogens with zero attached hydrogens (tertiary/aromatic N) is 1. The lowest BCUT2D eigenvalue weighted by Gasteiger charge is -2.53. The van der Waals surface area contributed by atoms with Gasteiger partial charge in [-0.05, 0) is 51.9 Å². The van der Waals surface area contributed by atoms with E-state index < -0.39 is 17.0 Å². The van der Waals surface area contributed by atoms with Crippen molar-refractivity contribution >= 4 is 12.1 Å². The number of carbonyl (C=O) groups excluding carboxylic acids is 1. The van der Waals surface area contributed by atoms with Crippen molar-refractivity contribution in [2.75, 3.05) is 6.54 Å². The Hall–Kier alpha value is -1.26. The summed E-state index contributed by atoms with van der Waals surface area (Å²) in [6.07, 6.45) is 3.54. The highest BCUT2D eigenvalue weighted by molar-refractivity contribution is 5.78. The van der Waals surface area contributed by atoms with Gasteiger partial charge in [0.1, 0.15) is 5.60 Å². The number of carboxylic acid groups (broad SMARTS) is 1. The molecule has 1 atom stereocenters. The molecule has 22 heavy (non-hydrogen) atoms. The molecule has 0 aromatic carbocycles. The molecule has 1 saturated carbocycles. The summed E-state index contributed by atoms with van der Waals surface area (Å²) in [4.78, 5) is 26.2. The van der Waals surface area contributed by atoms with Crippen LogP contribution >= 0.6 is 0 Å². The Labute approximate surface area is 133 Å². The molecule has 2 aliphatic rings. The van der Waals surface area contributed by atoms with E-state index in [0.717, 1.165) is 19.3 Å². The van der Waals surface area contributed by atoms with E-state index >= 15 is 0 Å². The number of carboxylic acids is 1. The fourth-order valence-corrected chi connectivity index (χ4v) is 3.67. The van der Waals surface area contributed by atoms with Crippen LogP contribution < -0.4 is 0 Å². The number of ether oxygens (including phenoxy) is 1. The summed E-state index contributed by atoms with van der Waals surface area (Å²) in [5.41, 5.74) is -1.34. The lowest BCUT2D eigenvalue weighted by Crippen LogP contribution is -2.61. The van der Waals surface area contributed by atoms with Crippen molar-refractivity contribution < 1.29 is 19.4 Å². The van der Waals surface area contributed by atoms with Crippen molar-refractivity contribution in [2.45, 2.75) is 78.4 Å². The minimum atomic E-state index is -0.770. The number of hydrogen-bond donors (Lipinski definition) is 1. The van der Waals surface area contributed by atoms with E-state index in [9.17, 15) is 14.7 Å². The molecule has 1 aliphatic carbocycles. The number of amides is 1. The number of carbonyl (C=O) groups is 2. The summed E-state index contributed by atoms with van der Waals surface area (Å²) in [5, 5.41) is 9.72. The van der Waals surface area contributed by atoms with Crippen molar-refractivity contribution in [1.29, 1.82) is 0 Å². The molecule has 2 fully saturated rings. The van der Waals surface area contributed by atoms with Crippen molar-refractivity contribution in [3.63, 3.8) is 0 Å². The third-order valence-corrected chi connectivity index (χ3v) is 5.01. The van der Waals surface area contributed by atoms with E-state index in [2.05, 4.69) is 13.8 Å². The molecule has 1 saturated heterocycles. The molecule has 0 aromatic heterocycles.